The van der Waals surface area contributed by atoms with Crippen LogP contribution in [-0.2, 0) is 0 Å². The second-order valence-electron chi connectivity index (χ2n) is 5.25. The third kappa shape index (κ3) is 4.56. The molecule has 1 aliphatic heterocycles. The summed E-state index contributed by atoms with van der Waals surface area (Å²) in [5.41, 5.74) is 6.34. The largest absolute Gasteiger partial charge is 0.492 e. The number of nitrogens with zero attached hydrogens (tertiary/aromatic N) is 1. The van der Waals surface area contributed by atoms with Gasteiger partial charge < -0.3 is 10.5 Å². The molecule has 1 aliphatic rings. The maximum Gasteiger partial charge on any atom is 0.120 e. The summed E-state index contributed by atoms with van der Waals surface area (Å²) in [6, 6.07) is 7.90. The van der Waals surface area contributed by atoms with E-state index < -0.39 is 0 Å². The van der Waals surface area contributed by atoms with Crippen molar-refractivity contribution in [1.82, 2.24) is 4.90 Å². The Kier molecular flexibility index (Phi) is 5.91. The maximum atomic E-state index is 5.82. The zero-order valence-corrected chi connectivity index (χ0v) is 12.3. The van der Waals surface area contributed by atoms with E-state index >= 15 is 0 Å². The summed E-state index contributed by atoms with van der Waals surface area (Å²) >= 11 is 0. The quantitative estimate of drug-likeness (QED) is 0.834. The van der Waals surface area contributed by atoms with Crippen LogP contribution in [0.5, 0.6) is 5.75 Å². The SMILES string of the molecule is CCC1CCN(CCOc2cccc(C#CCN)c2)C1. The fourth-order valence-corrected chi connectivity index (χ4v) is 2.56. The molecule has 0 saturated carbocycles. The summed E-state index contributed by atoms with van der Waals surface area (Å²) in [6.45, 7) is 6.85. The van der Waals surface area contributed by atoms with Crippen LogP contribution in [-0.4, -0.2) is 37.7 Å². The molecule has 1 aromatic rings. The minimum absolute atomic E-state index is 0.388. The van der Waals surface area contributed by atoms with Crippen LogP contribution in [0.3, 0.4) is 0 Å². The minimum Gasteiger partial charge on any atom is -0.492 e. The first-order valence-corrected chi connectivity index (χ1v) is 7.46. The molecule has 3 heteroatoms. The Morgan fingerprint density at radius 1 is 1.45 bits per heavy atom. The van der Waals surface area contributed by atoms with E-state index in [0.717, 1.165) is 30.4 Å². The molecule has 1 unspecified atom stereocenters. The molecule has 2 rings (SSSR count). The van der Waals surface area contributed by atoms with Gasteiger partial charge in [0, 0.05) is 18.7 Å². The predicted molar refractivity (Wildman–Crippen MR) is 82.7 cm³/mol. The van der Waals surface area contributed by atoms with Crippen LogP contribution >= 0.6 is 0 Å². The van der Waals surface area contributed by atoms with E-state index in [0.29, 0.717) is 6.54 Å². The number of nitrogens with two attached hydrogens (primary N) is 1. The van der Waals surface area contributed by atoms with Gasteiger partial charge in [-0.3, -0.25) is 4.90 Å². The topological polar surface area (TPSA) is 38.5 Å². The molecule has 0 aliphatic carbocycles. The van der Waals surface area contributed by atoms with Crippen LogP contribution in [0.2, 0.25) is 0 Å². The molecule has 0 amide bonds. The molecular formula is C17H24N2O. The van der Waals surface area contributed by atoms with Crippen molar-refractivity contribution in [2.75, 3.05) is 32.8 Å². The molecule has 0 spiro atoms. The van der Waals surface area contributed by atoms with Gasteiger partial charge in [-0.25, -0.2) is 0 Å². The van der Waals surface area contributed by atoms with Crippen molar-refractivity contribution in [1.29, 1.82) is 0 Å². The van der Waals surface area contributed by atoms with E-state index in [9.17, 15) is 0 Å². The van der Waals surface area contributed by atoms with Gasteiger partial charge in [0.25, 0.3) is 0 Å². The van der Waals surface area contributed by atoms with Gasteiger partial charge in [0.15, 0.2) is 0 Å². The Labute approximate surface area is 122 Å². The number of ether oxygens (including phenoxy) is 1. The first kappa shape index (κ1) is 14.9. The third-order valence-corrected chi connectivity index (χ3v) is 3.79. The highest BCUT2D eigenvalue weighted by Gasteiger charge is 2.20. The van der Waals surface area contributed by atoms with E-state index in [1.54, 1.807) is 0 Å². The average molecular weight is 272 g/mol. The smallest absolute Gasteiger partial charge is 0.120 e. The van der Waals surface area contributed by atoms with Gasteiger partial charge in [0.2, 0.25) is 0 Å². The molecule has 20 heavy (non-hydrogen) atoms. The van der Waals surface area contributed by atoms with E-state index in [1.165, 1.54) is 25.9 Å². The summed E-state index contributed by atoms with van der Waals surface area (Å²) in [4.78, 5) is 2.49. The van der Waals surface area contributed by atoms with Crippen LogP contribution in [0.15, 0.2) is 24.3 Å². The van der Waals surface area contributed by atoms with Crippen molar-refractivity contribution in [2.24, 2.45) is 11.7 Å². The van der Waals surface area contributed by atoms with Crippen molar-refractivity contribution < 1.29 is 4.74 Å². The average Bonchev–Trinajstić information content (AvgIpc) is 2.93. The van der Waals surface area contributed by atoms with Crippen LogP contribution in [0, 0.1) is 17.8 Å². The van der Waals surface area contributed by atoms with Crippen LogP contribution < -0.4 is 10.5 Å². The highest BCUT2D eigenvalue weighted by atomic mass is 16.5. The highest BCUT2D eigenvalue weighted by molar-refractivity contribution is 5.39. The van der Waals surface area contributed by atoms with E-state index in [1.807, 2.05) is 24.3 Å². The molecule has 3 nitrogen and oxygen atoms in total. The lowest BCUT2D eigenvalue weighted by Crippen LogP contribution is -2.26. The molecule has 1 saturated heterocycles. The highest BCUT2D eigenvalue weighted by Crippen LogP contribution is 2.19. The molecule has 108 valence electrons. The minimum atomic E-state index is 0.388. The van der Waals surface area contributed by atoms with Gasteiger partial charge in [-0.15, -0.1) is 0 Å². The molecule has 1 fully saturated rings. The first-order valence-electron chi connectivity index (χ1n) is 7.46. The Morgan fingerprint density at radius 2 is 2.35 bits per heavy atom. The first-order chi connectivity index (χ1) is 9.81. The molecule has 1 aromatic carbocycles. The van der Waals surface area contributed by atoms with Crippen LogP contribution in [0.4, 0.5) is 0 Å². The van der Waals surface area contributed by atoms with Gasteiger partial charge in [-0.05, 0) is 37.1 Å². The van der Waals surface area contributed by atoms with Crippen molar-refractivity contribution in [3.8, 4) is 17.6 Å². The Morgan fingerprint density at radius 3 is 3.10 bits per heavy atom. The fraction of sp³-hybridized carbons (Fsp3) is 0.529. The van der Waals surface area contributed by atoms with Crippen LogP contribution in [0.25, 0.3) is 0 Å². The number of rotatable bonds is 5. The Bertz CT molecular complexity index is 475. The van der Waals surface area contributed by atoms with Gasteiger partial charge >= 0.3 is 0 Å². The number of likely N-dealkylation sites (tertiary alicyclic amines) is 1. The lowest BCUT2D eigenvalue weighted by atomic mass is 10.1. The van der Waals surface area contributed by atoms with E-state index in [-0.39, 0.29) is 0 Å². The standard InChI is InChI=1S/C17H24N2O/c1-2-15-8-10-19(14-15)11-12-20-17-7-3-5-16(13-17)6-4-9-18/h3,5,7,13,15H,2,8-12,14,18H2,1H3. The molecule has 0 bridgehead atoms. The Hall–Kier alpha value is -1.50. The lowest BCUT2D eigenvalue weighted by Gasteiger charge is -2.16. The molecular weight excluding hydrogens is 248 g/mol. The van der Waals surface area contributed by atoms with Gasteiger partial charge in [0.1, 0.15) is 12.4 Å². The normalized spacial score (nSPS) is 18.6. The second-order valence-corrected chi connectivity index (χ2v) is 5.25. The lowest BCUT2D eigenvalue weighted by molar-refractivity contribution is 0.232. The summed E-state index contributed by atoms with van der Waals surface area (Å²) in [6.07, 6.45) is 2.62. The van der Waals surface area contributed by atoms with E-state index in [2.05, 4.69) is 23.7 Å². The zero-order chi connectivity index (χ0) is 14.2. The summed E-state index contributed by atoms with van der Waals surface area (Å²) < 4.78 is 5.82. The predicted octanol–water partition coefficient (Wildman–Crippen LogP) is 2.11. The van der Waals surface area contributed by atoms with Crippen molar-refractivity contribution in [3.05, 3.63) is 29.8 Å². The van der Waals surface area contributed by atoms with Gasteiger partial charge in [0.05, 0.1) is 6.54 Å². The van der Waals surface area contributed by atoms with Gasteiger partial charge in [-0.1, -0.05) is 31.3 Å². The van der Waals surface area contributed by atoms with Crippen molar-refractivity contribution >= 4 is 0 Å². The van der Waals surface area contributed by atoms with Crippen molar-refractivity contribution in [3.63, 3.8) is 0 Å². The monoisotopic (exact) mass is 272 g/mol. The number of hydrogen-bond acceptors (Lipinski definition) is 3. The van der Waals surface area contributed by atoms with Crippen molar-refractivity contribution in [2.45, 2.75) is 19.8 Å². The summed E-state index contributed by atoms with van der Waals surface area (Å²) in [5.74, 6) is 7.65. The molecule has 2 N–H and O–H groups in total. The summed E-state index contributed by atoms with van der Waals surface area (Å²) in [7, 11) is 0. The van der Waals surface area contributed by atoms with E-state index in [4.69, 9.17) is 10.5 Å². The molecule has 0 aromatic heterocycles. The Balaban J connectivity index is 1.77. The second kappa shape index (κ2) is 7.94. The number of hydrogen-bond donors (Lipinski definition) is 1. The molecule has 1 atom stereocenters. The maximum absolute atomic E-state index is 5.82. The summed E-state index contributed by atoms with van der Waals surface area (Å²) in [5, 5.41) is 0. The fourth-order valence-electron chi connectivity index (χ4n) is 2.56. The van der Waals surface area contributed by atoms with Crippen LogP contribution in [0.1, 0.15) is 25.3 Å². The third-order valence-electron chi connectivity index (χ3n) is 3.79. The molecule has 1 heterocycles. The van der Waals surface area contributed by atoms with Gasteiger partial charge in [-0.2, -0.15) is 0 Å². The zero-order valence-electron chi connectivity index (χ0n) is 12.3. The number of benzene rings is 1. The molecule has 0 radical (unpaired) electrons.